The molecule has 2 heteroatoms. The molecule has 1 aliphatic rings. The van der Waals surface area contributed by atoms with Gasteiger partial charge in [0.1, 0.15) is 0 Å². The largest absolute Gasteiger partial charge is 0.159 e. The van der Waals surface area contributed by atoms with E-state index < -0.39 is 0 Å². The van der Waals surface area contributed by atoms with Gasteiger partial charge in [0.05, 0.1) is 5.69 Å². The summed E-state index contributed by atoms with van der Waals surface area (Å²) in [5.74, 6) is 0. The lowest BCUT2D eigenvalue weighted by atomic mass is 9.92. The molecule has 1 aromatic heterocycles. The van der Waals surface area contributed by atoms with Gasteiger partial charge < -0.3 is 0 Å². The molecule has 15 heavy (non-hydrogen) atoms. The molecule has 1 saturated carbocycles. The quantitative estimate of drug-likeness (QED) is 0.737. The van der Waals surface area contributed by atoms with Crippen molar-refractivity contribution in [1.29, 1.82) is 0 Å². The minimum atomic E-state index is 0.162. The van der Waals surface area contributed by atoms with Crippen molar-refractivity contribution in [3.05, 3.63) is 59.9 Å². The fourth-order valence-electron chi connectivity index (χ4n) is 2.13. The molecule has 74 valence electrons. The molecule has 0 spiro atoms. The number of aromatic nitrogens is 2. The van der Waals surface area contributed by atoms with Crippen LogP contribution in [0.15, 0.2) is 48.7 Å². The molecule has 0 unspecified atom stereocenters. The highest BCUT2D eigenvalue weighted by molar-refractivity contribution is 5.40. The molecule has 0 N–H and O–H groups in total. The second-order valence-electron chi connectivity index (χ2n) is 4.06. The van der Waals surface area contributed by atoms with Crippen molar-refractivity contribution in [3.63, 3.8) is 0 Å². The fourth-order valence-corrected chi connectivity index (χ4v) is 2.13. The molecule has 1 aliphatic carbocycles. The normalized spacial score (nSPS) is 17.3. The number of benzene rings is 1. The molecule has 1 fully saturated rings. The maximum absolute atomic E-state index is 4.24. The molecule has 1 aromatic carbocycles. The molecule has 1 heterocycles. The van der Waals surface area contributed by atoms with E-state index in [1.54, 1.807) is 6.20 Å². The molecule has 0 radical (unpaired) electrons. The minimum Gasteiger partial charge on any atom is -0.159 e. The first-order valence-electron chi connectivity index (χ1n) is 5.25. The van der Waals surface area contributed by atoms with Gasteiger partial charge in [-0.3, -0.25) is 0 Å². The lowest BCUT2D eigenvalue weighted by Crippen LogP contribution is -2.11. The summed E-state index contributed by atoms with van der Waals surface area (Å²) in [6, 6.07) is 14.6. The third-order valence-electron chi connectivity index (χ3n) is 3.14. The predicted molar refractivity (Wildman–Crippen MR) is 58.5 cm³/mol. The highest BCUT2D eigenvalue weighted by atomic mass is 15.1. The Balaban J connectivity index is 2.06. The van der Waals surface area contributed by atoms with Crippen molar-refractivity contribution < 1.29 is 0 Å². The second-order valence-corrected chi connectivity index (χ2v) is 4.06. The van der Waals surface area contributed by atoms with Crippen molar-refractivity contribution in [2.24, 2.45) is 0 Å². The van der Waals surface area contributed by atoms with Crippen molar-refractivity contribution in [2.75, 3.05) is 0 Å². The zero-order valence-corrected chi connectivity index (χ0v) is 8.43. The van der Waals surface area contributed by atoms with Crippen LogP contribution in [-0.4, -0.2) is 10.2 Å². The Bertz CT molecular complexity index is 405. The smallest absolute Gasteiger partial charge is 0.0736 e. The standard InChI is InChI=1S/C13H12N2/c1-2-5-11(6-3-1)13(8-9-13)12-7-4-10-14-15-12/h1-7,10H,8-9H2. The van der Waals surface area contributed by atoms with E-state index >= 15 is 0 Å². The van der Waals surface area contributed by atoms with Gasteiger partial charge in [-0.1, -0.05) is 30.3 Å². The molecule has 3 rings (SSSR count). The molecule has 0 saturated heterocycles. The van der Waals surface area contributed by atoms with Crippen LogP contribution in [0.4, 0.5) is 0 Å². The Hall–Kier alpha value is -1.70. The van der Waals surface area contributed by atoms with E-state index in [0.29, 0.717) is 0 Å². The number of hydrogen-bond acceptors (Lipinski definition) is 2. The number of nitrogens with zero attached hydrogens (tertiary/aromatic N) is 2. The second kappa shape index (κ2) is 3.16. The van der Waals surface area contributed by atoms with E-state index in [4.69, 9.17) is 0 Å². The summed E-state index contributed by atoms with van der Waals surface area (Å²) in [5.41, 5.74) is 2.64. The van der Waals surface area contributed by atoms with Gasteiger partial charge >= 0.3 is 0 Å². The Morgan fingerprint density at radius 1 is 0.933 bits per heavy atom. The highest BCUT2D eigenvalue weighted by Gasteiger charge is 2.47. The van der Waals surface area contributed by atoms with Crippen LogP contribution >= 0.6 is 0 Å². The molecule has 0 amide bonds. The summed E-state index contributed by atoms with van der Waals surface area (Å²) in [5, 5.41) is 8.21. The maximum Gasteiger partial charge on any atom is 0.0736 e. The van der Waals surface area contributed by atoms with Gasteiger partial charge in [0, 0.05) is 11.6 Å². The Kier molecular flexibility index (Phi) is 1.81. The van der Waals surface area contributed by atoms with Crippen LogP contribution in [0, 0.1) is 0 Å². The maximum atomic E-state index is 4.24. The lowest BCUT2D eigenvalue weighted by Gasteiger charge is -2.13. The van der Waals surface area contributed by atoms with Crippen molar-refractivity contribution in [2.45, 2.75) is 18.3 Å². The first-order valence-corrected chi connectivity index (χ1v) is 5.25. The summed E-state index contributed by atoms with van der Waals surface area (Å²) in [7, 11) is 0. The van der Waals surface area contributed by atoms with Crippen molar-refractivity contribution in [3.8, 4) is 0 Å². The monoisotopic (exact) mass is 196 g/mol. The summed E-state index contributed by atoms with van der Waals surface area (Å²) in [6.45, 7) is 0. The third kappa shape index (κ3) is 1.33. The molecule has 0 atom stereocenters. The van der Waals surface area contributed by atoms with Gasteiger partial charge in [-0.25, -0.2) is 0 Å². The predicted octanol–water partition coefficient (Wildman–Crippen LogP) is 2.56. The van der Waals surface area contributed by atoms with Crippen LogP contribution in [0.2, 0.25) is 0 Å². The number of rotatable bonds is 2. The molecule has 0 bridgehead atoms. The molecular formula is C13H12N2. The van der Waals surface area contributed by atoms with Crippen LogP contribution in [0.3, 0.4) is 0 Å². The summed E-state index contributed by atoms with van der Waals surface area (Å²) in [6.07, 6.45) is 4.11. The molecule has 2 nitrogen and oxygen atoms in total. The van der Waals surface area contributed by atoms with E-state index in [1.165, 1.54) is 18.4 Å². The number of hydrogen-bond donors (Lipinski definition) is 0. The lowest BCUT2D eigenvalue weighted by molar-refractivity contribution is 0.767. The van der Waals surface area contributed by atoms with Gasteiger partial charge in [0.15, 0.2) is 0 Å². The zero-order chi connectivity index (χ0) is 10.1. The fraction of sp³-hybridized carbons (Fsp3) is 0.231. The SMILES string of the molecule is c1ccc(C2(c3cccnn3)CC2)cc1. The van der Waals surface area contributed by atoms with Gasteiger partial charge in [-0.05, 0) is 30.5 Å². The van der Waals surface area contributed by atoms with E-state index in [-0.39, 0.29) is 5.41 Å². The topological polar surface area (TPSA) is 25.8 Å². The molecule has 2 aromatic rings. The average Bonchev–Trinajstić information content (AvgIpc) is 3.13. The van der Waals surface area contributed by atoms with E-state index in [2.05, 4.69) is 46.6 Å². The highest BCUT2D eigenvalue weighted by Crippen LogP contribution is 2.52. The first-order chi connectivity index (χ1) is 7.42. The molecule has 0 aliphatic heterocycles. The van der Waals surface area contributed by atoms with Crippen molar-refractivity contribution in [1.82, 2.24) is 10.2 Å². The Morgan fingerprint density at radius 2 is 1.73 bits per heavy atom. The third-order valence-corrected chi connectivity index (χ3v) is 3.14. The van der Waals surface area contributed by atoms with E-state index in [0.717, 1.165) is 5.69 Å². The Morgan fingerprint density at radius 3 is 2.33 bits per heavy atom. The summed E-state index contributed by atoms with van der Waals surface area (Å²) < 4.78 is 0. The van der Waals surface area contributed by atoms with Gasteiger partial charge in [0.25, 0.3) is 0 Å². The van der Waals surface area contributed by atoms with Crippen molar-refractivity contribution >= 4 is 0 Å². The van der Waals surface area contributed by atoms with Crippen LogP contribution in [0.1, 0.15) is 24.1 Å². The molecular weight excluding hydrogens is 184 g/mol. The van der Waals surface area contributed by atoms with Gasteiger partial charge in [-0.15, -0.1) is 0 Å². The van der Waals surface area contributed by atoms with Gasteiger partial charge in [-0.2, -0.15) is 10.2 Å². The van der Waals surface area contributed by atoms with Crippen LogP contribution in [0.25, 0.3) is 0 Å². The first kappa shape index (κ1) is 8.60. The minimum absolute atomic E-state index is 0.162. The van der Waals surface area contributed by atoms with Crippen LogP contribution in [0.5, 0.6) is 0 Å². The van der Waals surface area contributed by atoms with E-state index in [1.807, 2.05) is 6.07 Å². The summed E-state index contributed by atoms with van der Waals surface area (Å²) >= 11 is 0. The van der Waals surface area contributed by atoms with Crippen LogP contribution in [-0.2, 0) is 5.41 Å². The van der Waals surface area contributed by atoms with Gasteiger partial charge in [0.2, 0.25) is 0 Å². The Labute approximate surface area is 89.0 Å². The summed E-state index contributed by atoms with van der Waals surface area (Å²) in [4.78, 5) is 0. The average molecular weight is 196 g/mol. The van der Waals surface area contributed by atoms with Crippen LogP contribution < -0.4 is 0 Å². The zero-order valence-electron chi connectivity index (χ0n) is 8.43. The van der Waals surface area contributed by atoms with E-state index in [9.17, 15) is 0 Å².